The van der Waals surface area contributed by atoms with Gasteiger partial charge in [-0.3, -0.25) is 0 Å². The Bertz CT molecular complexity index is 367. The fraction of sp³-hybridized carbons (Fsp3) is 0.625. The Labute approximate surface area is 116 Å². The van der Waals surface area contributed by atoms with Crippen LogP contribution in [0.5, 0.6) is 5.75 Å². The van der Waals surface area contributed by atoms with Crippen LogP contribution in [0, 0.1) is 5.92 Å². The first-order chi connectivity index (χ1) is 9.13. The third kappa shape index (κ3) is 4.75. The molecule has 0 spiro atoms. The van der Waals surface area contributed by atoms with Crippen molar-refractivity contribution in [1.29, 1.82) is 0 Å². The molecule has 1 saturated carbocycles. The Morgan fingerprint density at radius 2 is 1.79 bits per heavy atom. The molecule has 1 aromatic rings. The Morgan fingerprint density at radius 1 is 1.16 bits per heavy atom. The molecule has 1 aliphatic carbocycles. The average molecular weight is 263 g/mol. The van der Waals surface area contributed by atoms with Crippen molar-refractivity contribution in [2.24, 2.45) is 5.92 Å². The van der Waals surface area contributed by atoms with E-state index < -0.39 is 0 Å². The first kappa shape index (κ1) is 14.2. The highest BCUT2D eigenvalue weighted by Crippen LogP contribution is 2.25. The van der Waals surface area contributed by atoms with Crippen LogP contribution in [-0.2, 0) is 0 Å². The van der Waals surface area contributed by atoms with Crippen LogP contribution < -0.4 is 10.1 Å². The number of benzene rings is 1. The second-order valence-corrected chi connectivity index (χ2v) is 5.75. The summed E-state index contributed by atoms with van der Waals surface area (Å²) in [6.07, 6.45) is 4.31. The largest absolute Gasteiger partial charge is 0.491 e. The van der Waals surface area contributed by atoms with E-state index in [4.69, 9.17) is 4.74 Å². The van der Waals surface area contributed by atoms with Crippen LogP contribution in [0.4, 0.5) is 5.69 Å². The van der Waals surface area contributed by atoms with Crippen molar-refractivity contribution in [1.82, 2.24) is 0 Å². The number of rotatable bonds is 5. The van der Waals surface area contributed by atoms with Crippen molar-refractivity contribution in [3.05, 3.63) is 24.3 Å². The molecule has 2 rings (SSSR count). The maximum atomic E-state index is 9.48. The quantitative estimate of drug-likeness (QED) is 0.855. The molecule has 0 radical (unpaired) electrons. The van der Waals surface area contributed by atoms with E-state index in [0.717, 1.165) is 43.7 Å². The molecule has 1 aliphatic rings. The van der Waals surface area contributed by atoms with Gasteiger partial charge in [-0.15, -0.1) is 0 Å². The van der Waals surface area contributed by atoms with Gasteiger partial charge in [0, 0.05) is 12.2 Å². The molecule has 1 fully saturated rings. The number of hydrogen-bond acceptors (Lipinski definition) is 3. The lowest BCUT2D eigenvalue weighted by molar-refractivity contribution is 0.111. The zero-order valence-electron chi connectivity index (χ0n) is 11.9. The highest BCUT2D eigenvalue weighted by molar-refractivity contribution is 5.46. The monoisotopic (exact) mass is 263 g/mol. The van der Waals surface area contributed by atoms with Gasteiger partial charge in [-0.2, -0.15) is 0 Å². The van der Waals surface area contributed by atoms with Gasteiger partial charge in [-0.25, -0.2) is 0 Å². The van der Waals surface area contributed by atoms with Gasteiger partial charge >= 0.3 is 0 Å². The molecular weight excluding hydrogens is 238 g/mol. The van der Waals surface area contributed by atoms with Crippen LogP contribution in [0.25, 0.3) is 0 Å². The molecule has 19 heavy (non-hydrogen) atoms. The first-order valence-corrected chi connectivity index (χ1v) is 7.32. The predicted octanol–water partition coefficient (Wildman–Crippen LogP) is 3.44. The zero-order chi connectivity index (χ0) is 13.7. The molecule has 0 atom stereocenters. The van der Waals surface area contributed by atoms with E-state index in [2.05, 4.69) is 17.4 Å². The molecule has 0 bridgehead atoms. The Balaban J connectivity index is 1.76. The summed E-state index contributed by atoms with van der Waals surface area (Å²) in [4.78, 5) is 0. The zero-order valence-corrected chi connectivity index (χ0v) is 11.9. The minimum absolute atomic E-state index is 0.0660. The summed E-state index contributed by atoms with van der Waals surface area (Å²) < 4.78 is 5.62. The molecule has 0 saturated heterocycles. The van der Waals surface area contributed by atoms with E-state index >= 15 is 0 Å². The van der Waals surface area contributed by atoms with E-state index in [-0.39, 0.29) is 12.2 Å². The summed E-state index contributed by atoms with van der Waals surface area (Å²) in [7, 11) is 0. The third-order valence-electron chi connectivity index (χ3n) is 3.64. The molecule has 0 aromatic heterocycles. The summed E-state index contributed by atoms with van der Waals surface area (Å²) in [5.41, 5.74) is 1.14. The van der Waals surface area contributed by atoms with Crippen molar-refractivity contribution in [2.75, 3.05) is 11.9 Å². The lowest BCUT2D eigenvalue weighted by Crippen LogP contribution is -2.23. The van der Waals surface area contributed by atoms with Crippen LogP contribution in [-0.4, -0.2) is 23.9 Å². The second kappa shape index (κ2) is 6.80. The van der Waals surface area contributed by atoms with Gasteiger partial charge in [0.1, 0.15) is 5.75 Å². The smallest absolute Gasteiger partial charge is 0.119 e. The number of ether oxygens (including phenoxy) is 1. The van der Waals surface area contributed by atoms with Gasteiger partial charge in [0.15, 0.2) is 0 Å². The van der Waals surface area contributed by atoms with E-state index in [1.54, 1.807) is 0 Å². The second-order valence-electron chi connectivity index (χ2n) is 5.75. The minimum atomic E-state index is -0.0660. The minimum Gasteiger partial charge on any atom is -0.491 e. The van der Waals surface area contributed by atoms with Gasteiger partial charge < -0.3 is 15.2 Å². The van der Waals surface area contributed by atoms with Crippen molar-refractivity contribution in [2.45, 2.75) is 51.7 Å². The Morgan fingerprint density at radius 3 is 2.37 bits per heavy atom. The van der Waals surface area contributed by atoms with Gasteiger partial charge in [-0.05, 0) is 69.7 Å². The lowest BCUT2D eigenvalue weighted by atomic mass is 9.87. The number of anilines is 1. The predicted molar refractivity (Wildman–Crippen MR) is 78.7 cm³/mol. The Hall–Kier alpha value is -1.22. The standard InChI is InChI=1S/C16H25NO2/c1-12(2)19-16-9-5-14(6-10-16)17-11-13-3-7-15(18)8-4-13/h5-6,9-10,12-13,15,17-18H,3-4,7-8,11H2,1-2H3. The normalized spacial score (nSPS) is 23.4. The van der Waals surface area contributed by atoms with E-state index in [0.29, 0.717) is 5.92 Å². The molecular formula is C16H25NO2. The number of aliphatic hydroxyl groups excluding tert-OH is 1. The summed E-state index contributed by atoms with van der Waals surface area (Å²) in [6.45, 7) is 5.06. The fourth-order valence-electron chi connectivity index (χ4n) is 2.53. The molecule has 0 unspecified atom stereocenters. The topological polar surface area (TPSA) is 41.5 Å². The van der Waals surface area contributed by atoms with Gasteiger partial charge in [0.25, 0.3) is 0 Å². The first-order valence-electron chi connectivity index (χ1n) is 7.32. The van der Waals surface area contributed by atoms with Crippen LogP contribution in [0.15, 0.2) is 24.3 Å². The fourth-order valence-corrected chi connectivity index (χ4v) is 2.53. The van der Waals surface area contributed by atoms with Crippen molar-refractivity contribution in [3.63, 3.8) is 0 Å². The maximum absolute atomic E-state index is 9.48. The number of nitrogens with one attached hydrogen (secondary N) is 1. The van der Waals surface area contributed by atoms with Gasteiger partial charge in [-0.1, -0.05) is 0 Å². The molecule has 0 heterocycles. The highest BCUT2D eigenvalue weighted by Gasteiger charge is 2.18. The van der Waals surface area contributed by atoms with Crippen LogP contribution in [0.1, 0.15) is 39.5 Å². The van der Waals surface area contributed by atoms with E-state index in [1.807, 2.05) is 26.0 Å². The molecule has 2 N–H and O–H groups in total. The Kier molecular flexibility index (Phi) is 5.08. The molecule has 0 amide bonds. The summed E-state index contributed by atoms with van der Waals surface area (Å²) in [5, 5.41) is 13.0. The third-order valence-corrected chi connectivity index (χ3v) is 3.64. The number of aliphatic hydroxyl groups is 1. The van der Waals surface area contributed by atoms with Crippen LogP contribution >= 0.6 is 0 Å². The SMILES string of the molecule is CC(C)Oc1ccc(NCC2CCC(O)CC2)cc1. The molecule has 3 heteroatoms. The van der Waals surface area contributed by atoms with Crippen LogP contribution in [0.3, 0.4) is 0 Å². The van der Waals surface area contributed by atoms with Crippen molar-refractivity contribution < 1.29 is 9.84 Å². The van der Waals surface area contributed by atoms with Gasteiger partial charge in [0.05, 0.1) is 12.2 Å². The van der Waals surface area contributed by atoms with E-state index in [9.17, 15) is 5.11 Å². The van der Waals surface area contributed by atoms with Crippen molar-refractivity contribution >= 4 is 5.69 Å². The summed E-state index contributed by atoms with van der Waals surface area (Å²) >= 11 is 0. The van der Waals surface area contributed by atoms with Crippen LogP contribution in [0.2, 0.25) is 0 Å². The number of hydrogen-bond donors (Lipinski definition) is 2. The van der Waals surface area contributed by atoms with Crippen molar-refractivity contribution in [3.8, 4) is 5.75 Å². The van der Waals surface area contributed by atoms with E-state index in [1.165, 1.54) is 0 Å². The highest BCUT2D eigenvalue weighted by atomic mass is 16.5. The average Bonchev–Trinajstić information content (AvgIpc) is 2.39. The lowest BCUT2D eigenvalue weighted by Gasteiger charge is -2.25. The summed E-state index contributed by atoms with van der Waals surface area (Å²) in [6, 6.07) is 8.14. The molecule has 0 aliphatic heterocycles. The molecule has 3 nitrogen and oxygen atoms in total. The summed E-state index contributed by atoms with van der Waals surface area (Å²) in [5.74, 6) is 1.61. The molecule has 106 valence electrons. The van der Waals surface area contributed by atoms with Gasteiger partial charge in [0.2, 0.25) is 0 Å². The molecule has 1 aromatic carbocycles. The maximum Gasteiger partial charge on any atom is 0.119 e.